The molecule has 5 atom stereocenters. The summed E-state index contributed by atoms with van der Waals surface area (Å²) in [6.07, 6.45) is 8.41. The first-order valence-electron chi connectivity index (χ1n) is 8.74. The number of hydrogen-bond donors (Lipinski definition) is 1. The third-order valence-electron chi connectivity index (χ3n) is 7.10. The van der Waals surface area contributed by atoms with Crippen LogP contribution in [0.15, 0.2) is 18.2 Å². The average molecular weight is 283 g/mol. The van der Waals surface area contributed by atoms with E-state index < -0.39 is 0 Å². The molecule has 0 aromatic heterocycles. The Kier molecular flexibility index (Phi) is 2.54. The Morgan fingerprint density at radius 2 is 2.19 bits per heavy atom. The Morgan fingerprint density at radius 3 is 3.10 bits per heavy atom. The van der Waals surface area contributed by atoms with Crippen molar-refractivity contribution in [3.05, 3.63) is 29.3 Å². The van der Waals surface area contributed by atoms with Gasteiger partial charge < -0.3 is 10.1 Å². The van der Waals surface area contributed by atoms with Crippen LogP contribution in [0.5, 0.6) is 5.75 Å². The van der Waals surface area contributed by atoms with E-state index in [0.29, 0.717) is 11.5 Å². The normalized spacial score (nSPS) is 43.1. The molecular formula is C19H25NO. The molecule has 3 fully saturated rings. The van der Waals surface area contributed by atoms with E-state index in [1.165, 1.54) is 45.1 Å². The molecule has 0 amide bonds. The lowest BCUT2D eigenvalue weighted by atomic mass is 9.72. The Balaban J connectivity index is 1.72. The fourth-order valence-electron chi connectivity index (χ4n) is 6.06. The molecule has 2 heterocycles. The molecule has 2 nitrogen and oxygen atoms in total. The van der Waals surface area contributed by atoms with Crippen molar-refractivity contribution in [1.82, 2.24) is 5.32 Å². The van der Waals surface area contributed by atoms with Crippen molar-refractivity contribution in [2.75, 3.05) is 13.7 Å². The second-order valence-electron chi connectivity index (χ2n) is 7.74. The number of nitrogens with one attached hydrogen (secondary N) is 1. The van der Waals surface area contributed by atoms with Crippen LogP contribution in [-0.4, -0.2) is 19.7 Å². The Labute approximate surface area is 127 Å². The molecule has 0 radical (unpaired) electrons. The highest BCUT2D eigenvalue weighted by Crippen LogP contribution is 2.68. The van der Waals surface area contributed by atoms with Crippen molar-refractivity contribution in [3.8, 4) is 5.75 Å². The number of benzene rings is 1. The number of hydrogen-bond acceptors (Lipinski definition) is 2. The molecule has 3 aliphatic carbocycles. The molecule has 112 valence electrons. The van der Waals surface area contributed by atoms with Gasteiger partial charge in [0.1, 0.15) is 5.75 Å². The highest BCUT2D eigenvalue weighted by atomic mass is 16.5. The van der Waals surface area contributed by atoms with Crippen LogP contribution in [0.25, 0.3) is 0 Å². The minimum Gasteiger partial charge on any atom is -0.497 e. The van der Waals surface area contributed by atoms with Gasteiger partial charge in [-0.15, -0.1) is 0 Å². The Bertz CT molecular complexity index is 583. The lowest BCUT2D eigenvalue weighted by Gasteiger charge is -2.37. The summed E-state index contributed by atoms with van der Waals surface area (Å²) in [5.74, 6) is 3.79. The molecule has 2 heteroatoms. The average Bonchev–Trinajstić information content (AvgIpc) is 3.10. The molecule has 1 N–H and O–H groups in total. The first-order chi connectivity index (χ1) is 10.3. The molecule has 1 spiro atoms. The lowest BCUT2D eigenvalue weighted by Crippen LogP contribution is -2.43. The molecule has 5 bridgehead atoms. The first kappa shape index (κ1) is 12.5. The number of ether oxygens (including phenoxy) is 1. The molecule has 2 saturated carbocycles. The minimum absolute atomic E-state index is 0.487. The number of methoxy groups -OCH3 is 1. The molecule has 5 aliphatic rings. The second-order valence-corrected chi connectivity index (χ2v) is 7.74. The van der Waals surface area contributed by atoms with Crippen LogP contribution in [0.2, 0.25) is 0 Å². The van der Waals surface area contributed by atoms with Gasteiger partial charge in [0.15, 0.2) is 0 Å². The van der Waals surface area contributed by atoms with Gasteiger partial charge in [-0.1, -0.05) is 18.9 Å². The van der Waals surface area contributed by atoms with Crippen LogP contribution in [-0.2, 0) is 11.8 Å². The van der Waals surface area contributed by atoms with E-state index in [1.807, 2.05) is 0 Å². The van der Waals surface area contributed by atoms with Gasteiger partial charge in [0.25, 0.3) is 0 Å². The standard InChI is InChI=1S/C19H25NO/c1-21-14-6-5-12-9-18-13-4-2-3-7-19(15(12)10-14)16(8-13)17(19)11-20-18/h5-6,10,13,16-18,20H,2-4,7-9,11H2,1H3/t13-,16?,17?,18-,19-/m0/s1. The fourth-order valence-corrected chi connectivity index (χ4v) is 6.06. The van der Waals surface area contributed by atoms with E-state index in [1.54, 1.807) is 18.2 Å². The monoisotopic (exact) mass is 283 g/mol. The molecule has 6 rings (SSSR count). The van der Waals surface area contributed by atoms with Gasteiger partial charge in [-0.25, -0.2) is 0 Å². The third-order valence-corrected chi connectivity index (χ3v) is 7.10. The summed E-state index contributed by atoms with van der Waals surface area (Å²) in [6, 6.07) is 7.61. The van der Waals surface area contributed by atoms with Gasteiger partial charge in [0, 0.05) is 11.5 Å². The molecule has 1 aromatic carbocycles. The van der Waals surface area contributed by atoms with Crippen LogP contribution in [0.3, 0.4) is 0 Å². The minimum atomic E-state index is 0.487. The Morgan fingerprint density at radius 1 is 1.24 bits per heavy atom. The van der Waals surface area contributed by atoms with Crippen molar-refractivity contribution in [2.24, 2.45) is 17.8 Å². The molecule has 2 aliphatic heterocycles. The van der Waals surface area contributed by atoms with E-state index in [2.05, 4.69) is 23.5 Å². The van der Waals surface area contributed by atoms with Crippen LogP contribution in [0.4, 0.5) is 0 Å². The summed E-state index contributed by atoms with van der Waals surface area (Å²) in [7, 11) is 1.80. The van der Waals surface area contributed by atoms with Crippen molar-refractivity contribution in [3.63, 3.8) is 0 Å². The van der Waals surface area contributed by atoms with Crippen molar-refractivity contribution in [1.29, 1.82) is 0 Å². The maximum atomic E-state index is 5.54. The molecule has 1 saturated heterocycles. The van der Waals surface area contributed by atoms with Crippen LogP contribution < -0.4 is 10.1 Å². The molecular weight excluding hydrogens is 258 g/mol. The van der Waals surface area contributed by atoms with Gasteiger partial charge in [0.05, 0.1) is 7.11 Å². The third kappa shape index (κ3) is 1.57. The summed E-state index contributed by atoms with van der Waals surface area (Å²) in [6.45, 7) is 1.25. The first-order valence-corrected chi connectivity index (χ1v) is 8.74. The molecule has 2 unspecified atom stereocenters. The van der Waals surface area contributed by atoms with E-state index in [-0.39, 0.29) is 0 Å². The zero-order valence-electron chi connectivity index (χ0n) is 12.9. The largest absolute Gasteiger partial charge is 0.497 e. The lowest BCUT2D eigenvalue weighted by molar-refractivity contribution is 0.258. The van der Waals surface area contributed by atoms with Crippen molar-refractivity contribution < 1.29 is 4.74 Å². The highest BCUT2D eigenvalue weighted by Gasteiger charge is 2.67. The molecule has 21 heavy (non-hydrogen) atoms. The SMILES string of the molecule is COc1ccc2c(c1)[C@@]13CCCC[C@H]4CC1C3CN[C@H]4C2. The van der Waals surface area contributed by atoms with Crippen molar-refractivity contribution >= 4 is 0 Å². The fraction of sp³-hybridized carbons (Fsp3) is 0.684. The predicted molar refractivity (Wildman–Crippen MR) is 83.7 cm³/mol. The van der Waals surface area contributed by atoms with Gasteiger partial charge >= 0.3 is 0 Å². The molecule has 1 aromatic rings. The summed E-state index contributed by atoms with van der Waals surface area (Å²) < 4.78 is 5.54. The smallest absolute Gasteiger partial charge is 0.119 e. The second kappa shape index (κ2) is 4.25. The quantitative estimate of drug-likeness (QED) is 0.854. The summed E-state index contributed by atoms with van der Waals surface area (Å²) >= 11 is 0. The van der Waals surface area contributed by atoms with Gasteiger partial charge in [0.2, 0.25) is 0 Å². The van der Waals surface area contributed by atoms with Crippen LogP contribution >= 0.6 is 0 Å². The van der Waals surface area contributed by atoms with Gasteiger partial charge in [-0.2, -0.15) is 0 Å². The zero-order valence-corrected chi connectivity index (χ0v) is 12.9. The topological polar surface area (TPSA) is 21.3 Å². The van der Waals surface area contributed by atoms with E-state index in [4.69, 9.17) is 4.74 Å². The van der Waals surface area contributed by atoms with Gasteiger partial charge in [-0.05, 0) is 73.2 Å². The maximum absolute atomic E-state index is 5.54. The van der Waals surface area contributed by atoms with E-state index in [0.717, 1.165) is 23.5 Å². The highest BCUT2D eigenvalue weighted by molar-refractivity contribution is 5.48. The van der Waals surface area contributed by atoms with Crippen LogP contribution in [0.1, 0.15) is 43.2 Å². The van der Waals surface area contributed by atoms with Crippen LogP contribution in [0, 0.1) is 17.8 Å². The summed E-state index contributed by atoms with van der Waals surface area (Å²) in [5.41, 5.74) is 3.75. The van der Waals surface area contributed by atoms with E-state index >= 15 is 0 Å². The number of rotatable bonds is 1. The Hall–Kier alpha value is -1.02. The number of fused-ring (bicyclic) bond motifs is 1. The summed E-state index contributed by atoms with van der Waals surface area (Å²) in [5, 5.41) is 3.94. The maximum Gasteiger partial charge on any atom is 0.119 e. The van der Waals surface area contributed by atoms with Gasteiger partial charge in [-0.3, -0.25) is 0 Å². The zero-order chi connectivity index (χ0) is 14.0. The van der Waals surface area contributed by atoms with E-state index in [9.17, 15) is 0 Å². The van der Waals surface area contributed by atoms with Crippen molar-refractivity contribution in [2.45, 2.75) is 50.0 Å². The summed E-state index contributed by atoms with van der Waals surface area (Å²) in [4.78, 5) is 0. The predicted octanol–water partition coefficient (Wildman–Crippen LogP) is 3.29.